The van der Waals surface area contributed by atoms with Crippen LogP contribution in [0.25, 0.3) is 0 Å². The SMILES string of the molecule is CCN(Cc1ccccc1F)C(=O)COCC(=O)N(CC)Cc1ccccc1F. The monoisotopic (exact) mass is 404 g/mol. The van der Waals surface area contributed by atoms with Crippen molar-refractivity contribution in [3.8, 4) is 0 Å². The molecule has 0 saturated heterocycles. The van der Waals surface area contributed by atoms with Gasteiger partial charge in [0, 0.05) is 37.3 Å². The van der Waals surface area contributed by atoms with Gasteiger partial charge in [-0.25, -0.2) is 8.78 Å². The van der Waals surface area contributed by atoms with E-state index in [-0.39, 0.29) is 49.8 Å². The topological polar surface area (TPSA) is 49.9 Å². The molecule has 0 unspecified atom stereocenters. The normalized spacial score (nSPS) is 10.6. The van der Waals surface area contributed by atoms with Gasteiger partial charge < -0.3 is 14.5 Å². The van der Waals surface area contributed by atoms with E-state index in [0.717, 1.165) is 0 Å². The molecule has 0 fully saturated rings. The highest BCUT2D eigenvalue weighted by Crippen LogP contribution is 2.11. The molecule has 0 aromatic heterocycles. The number of benzene rings is 2. The van der Waals surface area contributed by atoms with Crippen LogP contribution in [0.5, 0.6) is 0 Å². The van der Waals surface area contributed by atoms with Gasteiger partial charge >= 0.3 is 0 Å². The Morgan fingerprint density at radius 1 is 0.759 bits per heavy atom. The van der Waals surface area contributed by atoms with Crippen molar-refractivity contribution in [2.24, 2.45) is 0 Å². The largest absolute Gasteiger partial charge is 0.362 e. The standard InChI is InChI=1S/C22H26F2N2O3/c1-3-25(13-17-9-5-7-11-19(17)23)21(27)15-29-16-22(28)26(4-2)14-18-10-6-8-12-20(18)24/h5-12H,3-4,13-16H2,1-2H3. The van der Waals surface area contributed by atoms with E-state index >= 15 is 0 Å². The molecular weight excluding hydrogens is 378 g/mol. The molecule has 0 heterocycles. The minimum absolute atomic E-state index is 0.133. The van der Waals surface area contributed by atoms with Crippen LogP contribution in [0.3, 0.4) is 0 Å². The number of hydrogen-bond acceptors (Lipinski definition) is 3. The first-order valence-electron chi connectivity index (χ1n) is 9.56. The van der Waals surface area contributed by atoms with Gasteiger partial charge in [-0.15, -0.1) is 0 Å². The van der Waals surface area contributed by atoms with E-state index in [4.69, 9.17) is 4.74 Å². The Hall–Kier alpha value is -2.80. The number of likely N-dealkylation sites (N-methyl/N-ethyl adjacent to an activating group) is 2. The lowest BCUT2D eigenvalue weighted by Crippen LogP contribution is -2.37. The van der Waals surface area contributed by atoms with E-state index in [0.29, 0.717) is 24.2 Å². The second-order valence-corrected chi connectivity index (χ2v) is 6.49. The van der Waals surface area contributed by atoms with Crippen LogP contribution in [-0.2, 0) is 27.4 Å². The van der Waals surface area contributed by atoms with Crippen LogP contribution >= 0.6 is 0 Å². The average molecular weight is 404 g/mol. The molecule has 29 heavy (non-hydrogen) atoms. The molecule has 2 aromatic carbocycles. The summed E-state index contributed by atoms with van der Waals surface area (Å²) in [5, 5.41) is 0. The smallest absolute Gasteiger partial charge is 0.248 e. The van der Waals surface area contributed by atoms with Crippen molar-refractivity contribution in [3.05, 3.63) is 71.3 Å². The van der Waals surface area contributed by atoms with Crippen LogP contribution in [0.2, 0.25) is 0 Å². The van der Waals surface area contributed by atoms with Gasteiger partial charge in [-0.05, 0) is 26.0 Å². The van der Waals surface area contributed by atoms with Crippen molar-refractivity contribution in [1.29, 1.82) is 0 Å². The number of ether oxygens (including phenoxy) is 1. The molecule has 7 heteroatoms. The number of rotatable bonds is 10. The number of carbonyl (C=O) groups is 2. The van der Waals surface area contributed by atoms with Crippen LogP contribution in [0.15, 0.2) is 48.5 Å². The van der Waals surface area contributed by atoms with Gasteiger partial charge in [0.2, 0.25) is 11.8 Å². The molecular formula is C22H26F2N2O3. The Morgan fingerprint density at radius 3 is 1.48 bits per heavy atom. The van der Waals surface area contributed by atoms with Gasteiger partial charge in [-0.2, -0.15) is 0 Å². The van der Waals surface area contributed by atoms with E-state index < -0.39 is 0 Å². The van der Waals surface area contributed by atoms with Gasteiger partial charge in [0.05, 0.1) is 0 Å². The fourth-order valence-corrected chi connectivity index (χ4v) is 2.83. The van der Waals surface area contributed by atoms with E-state index in [2.05, 4.69) is 0 Å². The summed E-state index contributed by atoms with van der Waals surface area (Å²) in [6.45, 7) is 4.05. The zero-order valence-electron chi connectivity index (χ0n) is 16.7. The predicted octanol–water partition coefficient (Wildman–Crippen LogP) is 3.38. The van der Waals surface area contributed by atoms with Gasteiger partial charge in [0.25, 0.3) is 0 Å². The second kappa shape index (κ2) is 11.3. The third-order valence-corrected chi connectivity index (χ3v) is 4.56. The summed E-state index contributed by atoms with van der Waals surface area (Å²) in [5.41, 5.74) is 0.835. The molecule has 0 bridgehead atoms. The maximum Gasteiger partial charge on any atom is 0.248 e. The quantitative estimate of drug-likeness (QED) is 0.610. The second-order valence-electron chi connectivity index (χ2n) is 6.49. The van der Waals surface area contributed by atoms with E-state index in [1.807, 2.05) is 0 Å². The summed E-state index contributed by atoms with van der Waals surface area (Å²) in [7, 11) is 0. The summed E-state index contributed by atoms with van der Waals surface area (Å²) in [5.74, 6) is -1.41. The summed E-state index contributed by atoms with van der Waals surface area (Å²) < 4.78 is 32.9. The van der Waals surface area contributed by atoms with Crippen molar-refractivity contribution >= 4 is 11.8 Å². The molecule has 0 radical (unpaired) electrons. The molecule has 0 N–H and O–H groups in total. The first kappa shape index (κ1) is 22.5. The molecule has 0 saturated carbocycles. The molecule has 0 aliphatic rings. The number of amides is 2. The highest BCUT2D eigenvalue weighted by molar-refractivity contribution is 5.79. The van der Waals surface area contributed by atoms with E-state index in [1.54, 1.807) is 50.2 Å². The molecule has 156 valence electrons. The number of hydrogen-bond donors (Lipinski definition) is 0. The van der Waals surface area contributed by atoms with Crippen molar-refractivity contribution in [2.45, 2.75) is 26.9 Å². The number of nitrogens with zero attached hydrogens (tertiary/aromatic N) is 2. The molecule has 0 atom stereocenters. The van der Waals surface area contributed by atoms with Gasteiger partial charge in [-0.3, -0.25) is 9.59 Å². The van der Waals surface area contributed by atoms with Gasteiger partial charge in [0.15, 0.2) is 0 Å². The predicted molar refractivity (Wildman–Crippen MR) is 106 cm³/mol. The van der Waals surface area contributed by atoms with Crippen LogP contribution < -0.4 is 0 Å². The molecule has 0 aliphatic heterocycles. The Morgan fingerprint density at radius 2 is 1.14 bits per heavy atom. The number of carbonyl (C=O) groups excluding carboxylic acids is 2. The highest BCUT2D eigenvalue weighted by Gasteiger charge is 2.17. The zero-order valence-corrected chi connectivity index (χ0v) is 16.7. The lowest BCUT2D eigenvalue weighted by Gasteiger charge is -2.23. The van der Waals surface area contributed by atoms with Crippen LogP contribution in [0.1, 0.15) is 25.0 Å². The lowest BCUT2D eigenvalue weighted by molar-refractivity contribution is -0.142. The summed E-state index contributed by atoms with van der Waals surface area (Å²) in [4.78, 5) is 27.6. The molecule has 2 amide bonds. The summed E-state index contributed by atoms with van der Waals surface area (Å²) >= 11 is 0. The molecule has 0 spiro atoms. The minimum Gasteiger partial charge on any atom is -0.362 e. The number of halogens is 2. The van der Waals surface area contributed by atoms with Crippen LogP contribution in [-0.4, -0.2) is 47.9 Å². The van der Waals surface area contributed by atoms with Crippen LogP contribution in [0, 0.1) is 11.6 Å². The van der Waals surface area contributed by atoms with Crippen molar-refractivity contribution in [1.82, 2.24) is 9.80 Å². The first-order valence-corrected chi connectivity index (χ1v) is 9.56. The molecule has 5 nitrogen and oxygen atoms in total. The van der Waals surface area contributed by atoms with Crippen molar-refractivity contribution < 1.29 is 23.1 Å². The minimum atomic E-state index is -0.374. The summed E-state index contributed by atoms with van der Waals surface area (Å²) in [6, 6.07) is 12.5. The maximum atomic E-state index is 13.8. The zero-order chi connectivity index (χ0) is 21.2. The third-order valence-electron chi connectivity index (χ3n) is 4.56. The van der Waals surface area contributed by atoms with Gasteiger partial charge in [-0.1, -0.05) is 36.4 Å². The Bertz CT molecular complexity index is 762. The molecule has 0 aliphatic carbocycles. The Balaban J connectivity index is 1.85. The van der Waals surface area contributed by atoms with E-state index in [9.17, 15) is 18.4 Å². The van der Waals surface area contributed by atoms with Crippen LogP contribution in [0.4, 0.5) is 8.78 Å². The fraction of sp³-hybridized carbons (Fsp3) is 0.364. The molecule has 2 rings (SSSR count). The average Bonchev–Trinajstić information content (AvgIpc) is 2.72. The lowest BCUT2D eigenvalue weighted by atomic mass is 10.2. The van der Waals surface area contributed by atoms with E-state index in [1.165, 1.54) is 21.9 Å². The van der Waals surface area contributed by atoms with Crippen molar-refractivity contribution in [2.75, 3.05) is 26.3 Å². The summed E-state index contributed by atoms with van der Waals surface area (Å²) in [6.07, 6.45) is 0. The molecule has 2 aromatic rings. The third kappa shape index (κ3) is 6.64. The van der Waals surface area contributed by atoms with Crippen molar-refractivity contribution in [3.63, 3.8) is 0 Å². The highest BCUT2D eigenvalue weighted by atomic mass is 19.1. The Labute approximate surface area is 169 Å². The maximum absolute atomic E-state index is 13.8. The Kier molecular flexibility index (Phi) is 8.73. The first-order chi connectivity index (χ1) is 14.0. The van der Waals surface area contributed by atoms with Gasteiger partial charge in [0.1, 0.15) is 24.8 Å². The fourth-order valence-electron chi connectivity index (χ4n) is 2.83.